The molecule has 1 atom stereocenters. The molecule has 1 unspecified atom stereocenters. The summed E-state index contributed by atoms with van der Waals surface area (Å²) in [4.78, 5) is 0. The molecule has 0 spiro atoms. The first-order valence-corrected chi connectivity index (χ1v) is 5.25. The van der Waals surface area contributed by atoms with Crippen molar-refractivity contribution in [2.45, 2.75) is 50.7 Å². The molecule has 3 heteroatoms. The second-order valence-corrected chi connectivity index (χ2v) is 3.96. The molecule has 0 aromatic carbocycles. The summed E-state index contributed by atoms with van der Waals surface area (Å²) in [6, 6.07) is -0.0728. The van der Waals surface area contributed by atoms with E-state index in [-0.39, 0.29) is 6.04 Å². The van der Waals surface area contributed by atoms with Crippen molar-refractivity contribution in [2.75, 3.05) is 13.2 Å². The van der Waals surface area contributed by atoms with E-state index in [0.29, 0.717) is 26.1 Å². The third-order valence-corrected chi connectivity index (χ3v) is 2.92. The fraction of sp³-hybridized carbons (Fsp3) is 1.00. The molecular formula is C10H21NO2. The van der Waals surface area contributed by atoms with E-state index >= 15 is 0 Å². The zero-order valence-corrected chi connectivity index (χ0v) is 8.46. The Hall–Kier alpha value is -0.120. The maximum atomic E-state index is 10.2. The minimum absolute atomic E-state index is 0.0728. The highest BCUT2D eigenvalue weighted by atomic mass is 16.5. The Morgan fingerprint density at radius 2 is 2.08 bits per heavy atom. The van der Waals surface area contributed by atoms with Gasteiger partial charge in [-0.2, -0.15) is 0 Å². The molecule has 0 aromatic heterocycles. The van der Waals surface area contributed by atoms with Crippen molar-refractivity contribution in [1.82, 2.24) is 0 Å². The Balaban J connectivity index is 2.37. The van der Waals surface area contributed by atoms with Crippen LogP contribution in [0.2, 0.25) is 0 Å². The summed E-state index contributed by atoms with van der Waals surface area (Å²) in [5.74, 6) is 0. The smallest absolute Gasteiger partial charge is 0.0841 e. The molecule has 78 valence electrons. The van der Waals surface area contributed by atoms with Gasteiger partial charge in [0.2, 0.25) is 0 Å². The van der Waals surface area contributed by atoms with Crippen molar-refractivity contribution in [3.05, 3.63) is 0 Å². The van der Waals surface area contributed by atoms with E-state index < -0.39 is 5.60 Å². The average molecular weight is 187 g/mol. The summed E-state index contributed by atoms with van der Waals surface area (Å²) in [7, 11) is 0. The number of nitrogens with two attached hydrogens (primary N) is 1. The predicted octanol–water partition coefficient (Wildman–Crippen LogP) is 1.05. The van der Waals surface area contributed by atoms with Crippen LogP contribution in [0.4, 0.5) is 0 Å². The van der Waals surface area contributed by atoms with Crippen LogP contribution in [0.25, 0.3) is 0 Å². The lowest BCUT2D eigenvalue weighted by Gasteiger charge is -2.37. The van der Waals surface area contributed by atoms with Gasteiger partial charge in [-0.05, 0) is 6.42 Å². The summed E-state index contributed by atoms with van der Waals surface area (Å²) < 4.78 is 5.20. The molecule has 3 nitrogen and oxygen atoms in total. The molecule has 0 aromatic rings. The highest BCUT2D eigenvalue weighted by Gasteiger charge is 2.35. The lowest BCUT2D eigenvalue weighted by Crippen LogP contribution is -2.51. The van der Waals surface area contributed by atoms with E-state index in [9.17, 15) is 5.11 Å². The highest BCUT2D eigenvalue weighted by Crippen LogP contribution is 2.25. The van der Waals surface area contributed by atoms with E-state index in [0.717, 1.165) is 19.3 Å². The van der Waals surface area contributed by atoms with Crippen LogP contribution in [0.15, 0.2) is 0 Å². The molecule has 3 N–H and O–H groups in total. The summed E-state index contributed by atoms with van der Waals surface area (Å²) >= 11 is 0. The van der Waals surface area contributed by atoms with Crippen LogP contribution in [0.5, 0.6) is 0 Å². The number of unbranched alkanes of at least 4 members (excludes halogenated alkanes) is 1. The van der Waals surface area contributed by atoms with Crippen LogP contribution in [-0.2, 0) is 4.74 Å². The van der Waals surface area contributed by atoms with Crippen LogP contribution in [0, 0.1) is 0 Å². The van der Waals surface area contributed by atoms with Crippen LogP contribution >= 0.6 is 0 Å². The second kappa shape index (κ2) is 4.94. The Bertz CT molecular complexity index is 144. The van der Waals surface area contributed by atoms with Gasteiger partial charge in [-0.1, -0.05) is 19.8 Å². The van der Waals surface area contributed by atoms with Crippen molar-refractivity contribution in [1.29, 1.82) is 0 Å². The fourth-order valence-electron chi connectivity index (χ4n) is 1.79. The van der Waals surface area contributed by atoms with Crippen LogP contribution in [-0.4, -0.2) is 30.0 Å². The molecule has 0 amide bonds. The van der Waals surface area contributed by atoms with Gasteiger partial charge in [0.25, 0.3) is 0 Å². The number of rotatable bonds is 4. The average Bonchev–Trinajstić information content (AvgIpc) is 2.15. The van der Waals surface area contributed by atoms with Crippen LogP contribution in [0.1, 0.15) is 39.0 Å². The summed E-state index contributed by atoms with van der Waals surface area (Å²) in [6.45, 7) is 3.44. The Kier molecular flexibility index (Phi) is 4.16. The van der Waals surface area contributed by atoms with E-state index in [1.54, 1.807) is 0 Å². The van der Waals surface area contributed by atoms with Crippen molar-refractivity contribution < 1.29 is 9.84 Å². The summed E-state index contributed by atoms with van der Waals surface area (Å²) in [5, 5.41) is 10.2. The molecule has 13 heavy (non-hydrogen) atoms. The molecule has 0 aliphatic carbocycles. The van der Waals surface area contributed by atoms with Crippen molar-refractivity contribution in [3.8, 4) is 0 Å². The lowest BCUT2D eigenvalue weighted by atomic mass is 9.84. The van der Waals surface area contributed by atoms with Gasteiger partial charge in [-0.3, -0.25) is 0 Å². The standard InChI is InChI=1S/C10H21NO2/c1-2-3-4-9(11)10(12)5-7-13-8-6-10/h9,12H,2-8,11H2,1H3. The molecule has 1 fully saturated rings. The van der Waals surface area contributed by atoms with Gasteiger partial charge >= 0.3 is 0 Å². The quantitative estimate of drug-likeness (QED) is 0.691. The van der Waals surface area contributed by atoms with Gasteiger partial charge in [0.15, 0.2) is 0 Å². The highest BCUT2D eigenvalue weighted by molar-refractivity contribution is 4.90. The number of aliphatic hydroxyl groups is 1. The van der Waals surface area contributed by atoms with Gasteiger partial charge in [0, 0.05) is 32.1 Å². The van der Waals surface area contributed by atoms with Crippen molar-refractivity contribution in [3.63, 3.8) is 0 Å². The third kappa shape index (κ3) is 2.93. The molecule has 1 rings (SSSR count). The van der Waals surface area contributed by atoms with Crippen LogP contribution in [0.3, 0.4) is 0 Å². The first kappa shape index (κ1) is 11.0. The fourth-order valence-corrected chi connectivity index (χ4v) is 1.79. The van der Waals surface area contributed by atoms with Gasteiger partial charge in [0.1, 0.15) is 0 Å². The zero-order valence-electron chi connectivity index (χ0n) is 8.46. The normalized spacial score (nSPS) is 24.2. The van der Waals surface area contributed by atoms with Gasteiger partial charge in [-0.25, -0.2) is 0 Å². The largest absolute Gasteiger partial charge is 0.388 e. The maximum Gasteiger partial charge on any atom is 0.0841 e. The summed E-state index contributed by atoms with van der Waals surface area (Å²) in [5.41, 5.74) is 5.30. The predicted molar refractivity (Wildman–Crippen MR) is 52.5 cm³/mol. The van der Waals surface area contributed by atoms with Gasteiger partial charge in [-0.15, -0.1) is 0 Å². The molecule has 1 saturated heterocycles. The molecule has 0 saturated carbocycles. The Labute approximate surface area is 80.3 Å². The minimum Gasteiger partial charge on any atom is -0.388 e. The second-order valence-electron chi connectivity index (χ2n) is 3.96. The first-order chi connectivity index (χ1) is 6.19. The molecule has 1 aliphatic rings. The molecule has 1 aliphatic heterocycles. The third-order valence-electron chi connectivity index (χ3n) is 2.92. The monoisotopic (exact) mass is 187 g/mol. The number of hydrogen-bond acceptors (Lipinski definition) is 3. The van der Waals surface area contributed by atoms with Crippen molar-refractivity contribution >= 4 is 0 Å². The minimum atomic E-state index is -0.659. The molecular weight excluding hydrogens is 166 g/mol. The van der Waals surface area contributed by atoms with E-state index in [4.69, 9.17) is 10.5 Å². The SMILES string of the molecule is CCCCC(N)C1(O)CCOCC1. The van der Waals surface area contributed by atoms with Gasteiger partial charge in [0.05, 0.1) is 5.60 Å². The topological polar surface area (TPSA) is 55.5 Å². The zero-order chi connectivity index (χ0) is 9.73. The summed E-state index contributed by atoms with van der Waals surface area (Å²) in [6.07, 6.45) is 4.55. The maximum absolute atomic E-state index is 10.2. The number of ether oxygens (including phenoxy) is 1. The lowest BCUT2D eigenvalue weighted by molar-refractivity contribution is -0.0796. The number of hydrogen-bond donors (Lipinski definition) is 2. The molecule has 1 heterocycles. The Morgan fingerprint density at radius 1 is 1.46 bits per heavy atom. The molecule has 0 bridgehead atoms. The van der Waals surface area contributed by atoms with Crippen molar-refractivity contribution in [2.24, 2.45) is 5.73 Å². The van der Waals surface area contributed by atoms with Gasteiger partial charge < -0.3 is 15.6 Å². The Morgan fingerprint density at radius 3 is 2.62 bits per heavy atom. The first-order valence-electron chi connectivity index (χ1n) is 5.25. The molecule has 0 radical (unpaired) electrons. The van der Waals surface area contributed by atoms with E-state index in [2.05, 4.69) is 6.92 Å². The van der Waals surface area contributed by atoms with E-state index in [1.807, 2.05) is 0 Å². The van der Waals surface area contributed by atoms with E-state index in [1.165, 1.54) is 0 Å². The van der Waals surface area contributed by atoms with Crippen LogP contribution < -0.4 is 5.73 Å².